The van der Waals surface area contributed by atoms with Crippen LogP contribution >= 0.6 is 0 Å². The van der Waals surface area contributed by atoms with Crippen LogP contribution in [0.2, 0.25) is 0 Å². The highest BCUT2D eigenvalue weighted by Crippen LogP contribution is 2.38. The van der Waals surface area contributed by atoms with Crippen molar-refractivity contribution in [2.24, 2.45) is 5.92 Å². The molecule has 1 aliphatic rings. The molecule has 1 saturated carbocycles. The van der Waals surface area contributed by atoms with E-state index in [-0.39, 0.29) is 21.6 Å². The summed E-state index contributed by atoms with van der Waals surface area (Å²) in [6.07, 6.45) is 1.56. The quantitative estimate of drug-likeness (QED) is 0.781. The number of carbonyl (C=O) groups is 1. The number of sulfone groups is 1. The van der Waals surface area contributed by atoms with Crippen LogP contribution in [0.25, 0.3) is 0 Å². The summed E-state index contributed by atoms with van der Waals surface area (Å²) in [4.78, 5) is 12.3. The highest BCUT2D eigenvalue weighted by molar-refractivity contribution is 7.91. The fourth-order valence-corrected chi connectivity index (χ4v) is 4.10. The molecule has 0 unspecified atom stereocenters. The van der Waals surface area contributed by atoms with Crippen LogP contribution in [0.15, 0.2) is 40.1 Å². The lowest BCUT2D eigenvalue weighted by molar-refractivity contribution is -0.136. The molecule has 0 N–H and O–H groups in total. The highest BCUT2D eigenvalue weighted by atomic mass is 32.2. The fourth-order valence-electron chi connectivity index (χ4n) is 2.56. The van der Waals surface area contributed by atoms with Gasteiger partial charge in [0.05, 0.1) is 22.0 Å². The Labute approximate surface area is 147 Å². The van der Waals surface area contributed by atoms with Crippen LogP contribution in [-0.4, -0.2) is 24.2 Å². The van der Waals surface area contributed by atoms with Crippen LogP contribution in [0.4, 0.5) is 0 Å². The molecule has 0 bridgehead atoms. The van der Waals surface area contributed by atoms with Gasteiger partial charge in [0.25, 0.3) is 0 Å². The lowest BCUT2D eigenvalue weighted by Crippen LogP contribution is -2.26. The molecule has 0 amide bonds. The van der Waals surface area contributed by atoms with Gasteiger partial charge in [0.15, 0.2) is 4.90 Å². The van der Waals surface area contributed by atoms with Gasteiger partial charge in [0.1, 0.15) is 0 Å². The van der Waals surface area contributed by atoms with Crippen molar-refractivity contribution in [1.29, 1.82) is 0 Å². The molecule has 0 radical (unpaired) electrons. The first-order valence-electron chi connectivity index (χ1n) is 8.24. The van der Waals surface area contributed by atoms with Gasteiger partial charge in [-0.3, -0.25) is 4.79 Å². The zero-order chi connectivity index (χ0) is 18.4. The summed E-state index contributed by atoms with van der Waals surface area (Å²) in [6, 6.07) is 8.11. The van der Waals surface area contributed by atoms with Crippen LogP contribution in [0.5, 0.6) is 5.88 Å². The van der Waals surface area contributed by atoms with Gasteiger partial charge in [-0.1, -0.05) is 18.2 Å². The number of benzene rings is 1. The standard InChI is InChI=1S/C18H22N2O4S/c1-12-15(25(22,23)14-8-6-5-7-9-14)16(20(19-12)18(2,3)4)24-17(21)13-10-11-13/h5-9,13H,10-11H2,1-4H3. The molecule has 0 aliphatic heterocycles. The lowest BCUT2D eigenvalue weighted by atomic mass is 10.1. The summed E-state index contributed by atoms with van der Waals surface area (Å²) >= 11 is 0. The van der Waals surface area contributed by atoms with E-state index >= 15 is 0 Å². The van der Waals surface area contributed by atoms with Gasteiger partial charge >= 0.3 is 5.97 Å². The number of nitrogens with zero attached hydrogens (tertiary/aromatic N) is 2. The molecule has 1 aromatic heterocycles. The van der Waals surface area contributed by atoms with Gasteiger partial charge in [-0.05, 0) is 52.7 Å². The van der Waals surface area contributed by atoms with E-state index in [4.69, 9.17) is 4.74 Å². The number of ether oxygens (including phenoxy) is 1. The molecule has 25 heavy (non-hydrogen) atoms. The number of hydrogen-bond acceptors (Lipinski definition) is 5. The minimum atomic E-state index is -3.85. The number of esters is 1. The molecule has 1 aromatic carbocycles. The van der Waals surface area contributed by atoms with E-state index in [9.17, 15) is 13.2 Å². The van der Waals surface area contributed by atoms with Gasteiger partial charge in [0, 0.05) is 0 Å². The van der Waals surface area contributed by atoms with Crippen molar-refractivity contribution < 1.29 is 17.9 Å². The Morgan fingerprint density at radius 3 is 2.32 bits per heavy atom. The number of rotatable bonds is 4. The van der Waals surface area contributed by atoms with Crippen molar-refractivity contribution in [3.8, 4) is 5.88 Å². The van der Waals surface area contributed by atoms with Crippen LogP contribution in [-0.2, 0) is 20.2 Å². The smallest absolute Gasteiger partial charge is 0.315 e. The van der Waals surface area contributed by atoms with E-state index in [2.05, 4.69) is 5.10 Å². The van der Waals surface area contributed by atoms with Crippen LogP contribution < -0.4 is 4.74 Å². The third-order valence-electron chi connectivity index (χ3n) is 4.03. The van der Waals surface area contributed by atoms with E-state index in [0.29, 0.717) is 5.69 Å². The van der Waals surface area contributed by atoms with Gasteiger partial charge in [-0.15, -0.1) is 0 Å². The third kappa shape index (κ3) is 3.33. The van der Waals surface area contributed by atoms with Crippen molar-refractivity contribution in [2.75, 3.05) is 0 Å². The van der Waals surface area contributed by atoms with Crippen molar-refractivity contribution in [1.82, 2.24) is 9.78 Å². The first kappa shape index (κ1) is 17.7. The Morgan fingerprint density at radius 2 is 1.80 bits per heavy atom. The Kier molecular flexibility index (Phi) is 4.23. The minimum absolute atomic E-state index is 0.00533. The van der Waals surface area contributed by atoms with Crippen molar-refractivity contribution in [3.63, 3.8) is 0 Å². The first-order valence-corrected chi connectivity index (χ1v) is 9.72. The maximum atomic E-state index is 13.1. The molecule has 1 heterocycles. The Balaban J connectivity index is 2.18. The predicted molar refractivity (Wildman–Crippen MR) is 92.2 cm³/mol. The SMILES string of the molecule is Cc1nn(C(C)(C)C)c(OC(=O)C2CC2)c1S(=O)(=O)c1ccccc1. The minimum Gasteiger partial charge on any atom is -0.406 e. The van der Waals surface area contributed by atoms with Crippen LogP contribution in [0, 0.1) is 12.8 Å². The largest absolute Gasteiger partial charge is 0.406 e. The Hall–Kier alpha value is -2.15. The van der Waals surface area contributed by atoms with Crippen LogP contribution in [0.3, 0.4) is 0 Å². The summed E-state index contributed by atoms with van der Waals surface area (Å²) in [6.45, 7) is 7.26. The first-order chi connectivity index (χ1) is 11.6. The fraction of sp³-hybridized carbons (Fsp3) is 0.444. The molecule has 7 heteroatoms. The highest BCUT2D eigenvalue weighted by Gasteiger charge is 2.38. The maximum absolute atomic E-state index is 13.1. The van der Waals surface area contributed by atoms with Crippen molar-refractivity contribution >= 4 is 15.8 Å². The molecule has 134 valence electrons. The van der Waals surface area contributed by atoms with E-state index in [1.165, 1.54) is 16.8 Å². The molecule has 1 fully saturated rings. The second kappa shape index (κ2) is 5.98. The Bertz CT molecular complexity index is 905. The second-order valence-electron chi connectivity index (χ2n) is 7.31. The summed E-state index contributed by atoms with van der Waals surface area (Å²) in [5, 5.41) is 4.37. The summed E-state index contributed by atoms with van der Waals surface area (Å²) in [5.41, 5.74) is -0.216. The molecular formula is C18H22N2O4S. The molecule has 1 aliphatic carbocycles. The number of aryl methyl sites for hydroxylation is 1. The number of aromatic nitrogens is 2. The zero-order valence-corrected chi connectivity index (χ0v) is 15.6. The lowest BCUT2D eigenvalue weighted by Gasteiger charge is -2.22. The van der Waals surface area contributed by atoms with E-state index in [1.54, 1.807) is 25.1 Å². The van der Waals surface area contributed by atoms with Gasteiger partial charge in [-0.2, -0.15) is 5.10 Å². The topological polar surface area (TPSA) is 78.3 Å². The normalized spacial score (nSPS) is 15.2. The predicted octanol–water partition coefficient (Wildman–Crippen LogP) is 3.09. The number of hydrogen-bond donors (Lipinski definition) is 0. The van der Waals surface area contributed by atoms with Gasteiger partial charge < -0.3 is 4.74 Å². The summed E-state index contributed by atoms with van der Waals surface area (Å²) in [7, 11) is -3.85. The molecule has 6 nitrogen and oxygen atoms in total. The molecule has 2 aromatic rings. The van der Waals surface area contributed by atoms with Gasteiger partial charge in [0.2, 0.25) is 15.7 Å². The summed E-state index contributed by atoms with van der Waals surface area (Å²) < 4.78 is 33.3. The average molecular weight is 362 g/mol. The van der Waals surface area contributed by atoms with Gasteiger partial charge in [-0.25, -0.2) is 13.1 Å². The maximum Gasteiger partial charge on any atom is 0.315 e. The molecule has 0 atom stereocenters. The third-order valence-corrected chi connectivity index (χ3v) is 5.93. The summed E-state index contributed by atoms with van der Waals surface area (Å²) in [5.74, 6) is -0.531. The monoisotopic (exact) mass is 362 g/mol. The zero-order valence-electron chi connectivity index (χ0n) is 14.8. The second-order valence-corrected chi connectivity index (χ2v) is 9.20. The average Bonchev–Trinajstić information content (AvgIpc) is 3.32. The van der Waals surface area contributed by atoms with E-state index in [1.807, 2.05) is 20.8 Å². The van der Waals surface area contributed by atoms with E-state index in [0.717, 1.165) is 12.8 Å². The molecule has 0 spiro atoms. The molecular weight excluding hydrogens is 340 g/mol. The van der Waals surface area contributed by atoms with E-state index < -0.39 is 21.3 Å². The van der Waals surface area contributed by atoms with Crippen LogP contribution in [0.1, 0.15) is 39.3 Å². The Morgan fingerprint density at radius 1 is 1.20 bits per heavy atom. The van der Waals surface area contributed by atoms with Crippen molar-refractivity contribution in [3.05, 3.63) is 36.0 Å². The van der Waals surface area contributed by atoms with Crippen molar-refractivity contribution in [2.45, 2.75) is 55.9 Å². The molecule has 0 saturated heterocycles. The molecule has 3 rings (SSSR count). The number of carbonyl (C=O) groups excluding carboxylic acids is 1.